The Bertz CT molecular complexity index is 599. The van der Waals surface area contributed by atoms with E-state index < -0.39 is 5.72 Å². The Balaban J connectivity index is 2.13. The normalized spacial score (nSPS) is 21.6. The number of amides is 1. The van der Waals surface area contributed by atoms with Crippen molar-refractivity contribution in [3.05, 3.63) is 35.9 Å². The van der Waals surface area contributed by atoms with Crippen LogP contribution in [0.1, 0.15) is 39.7 Å². The average molecular weight is 347 g/mol. The first-order chi connectivity index (χ1) is 11.8. The number of carbonyl (C=O) groups is 2. The number of nitrogens with zero attached hydrogens (tertiary/aromatic N) is 1. The Kier molecular flexibility index (Phi) is 6.22. The zero-order valence-electron chi connectivity index (χ0n) is 15.8. The second kappa shape index (κ2) is 8.00. The van der Waals surface area contributed by atoms with Gasteiger partial charge in [-0.3, -0.25) is 9.59 Å². The van der Waals surface area contributed by atoms with Crippen LogP contribution in [0.5, 0.6) is 0 Å². The van der Waals surface area contributed by atoms with Gasteiger partial charge in [0.05, 0.1) is 19.8 Å². The number of ether oxygens (including phenoxy) is 2. The molecule has 0 aromatic heterocycles. The molecule has 0 radical (unpaired) electrons. The molecular formula is C20H29NO4. The molecule has 2 rings (SSSR count). The summed E-state index contributed by atoms with van der Waals surface area (Å²) < 4.78 is 10.6. The van der Waals surface area contributed by atoms with Crippen LogP contribution >= 0.6 is 0 Å². The van der Waals surface area contributed by atoms with Crippen molar-refractivity contribution in [3.63, 3.8) is 0 Å². The molecule has 1 aromatic rings. The Hall–Kier alpha value is -1.88. The summed E-state index contributed by atoms with van der Waals surface area (Å²) in [5, 5.41) is 0. The summed E-state index contributed by atoms with van der Waals surface area (Å²) in [5.41, 5.74) is 0.539. The van der Waals surface area contributed by atoms with Gasteiger partial charge in [-0.25, -0.2) is 0 Å². The zero-order chi connectivity index (χ0) is 18.6. The Morgan fingerprint density at radius 3 is 2.52 bits per heavy atom. The van der Waals surface area contributed by atoms with Crippen LogP contribution in [0.15, 0.2) is 30.3 Å². The maximum atomic E-state index is 13.2. The van der Waals surface area contributed by atoms with Gasteiger partial charge < -0.3 is 14.4 Å². The molecule has 25 heavy (non-hydrogen) atoms. The predicted molar refractivity (Wildman–Crippen MR) is 95.8 cm³/mol. The van der Waals surface area contributed by atoms with Crippen LogP contribution < -0.4 is 0 Å². The third-order valence-corrected chi connectivity index (χ3v) is 5.09. The zero-order valence-corrected chi connectivity index (χ0v) is 15.8. The molecule has 3 atom stereocenters. The minimum atomic E-state index is -0.643. The van der Waals surface area contributed by atoms with E-state index >= 15 is 0 Å². The monoisotopic (exact) mass is 347 g/mol. The summed E-state index contributed by atoms with van der Waals surface area (Å²) in [6, 6.07) is 10.1. The van der Waals surface area contributed by atoms with E-state index in [2.05, 4.69) is 12.1 Å². The lowest BCUT2D eigenvalue weighted by molar-refractivity contribution is -0.152. The van der Waals surface area contributed by atoms with Crippen LogP contribution in [-0.2, 0) is 25.5 Å². The molecule has 1 aromatic carbocycles. The van der Waals surface area contributed by atoms with Crippen molar-refractivity contribution in [2.24, 2.45) is 11.8 Å². The fourth-order valence-electron chi connectivity index (χ4n) is 3.35. The summed E-state index contributed by atoms with van der Waals surface area (Å²) in [5.74, 6) is -0.628. The van der Waals surface area contributed by atoms with Gasteiger partial charge in [-0.15, -0.1) is 0 Å². The van der Waals surface area contributed by atoms with Crippen molar-refractivity contribution in [1.82, 2.24) is 4.90 Å². The maximum absolute atomic E-state index is 13.2. The van der Waals surface area contributed by atoms with Gasteiger partial charge in [-0.1, -0.05) is 44.2 Å². The molecule has 0 spiro atoms. The molecule has 1 saturated heterocycles. The molecule has 1 fully saturated rings. The number of rotatable bonds is 6. The Labute approximate surface area is 150 Å². The van der Waals surface area contributed by atoms with Crippen molar-refractivity contribution < 1.29 is 19.1 Å². The highest BCUT2D eigenvalue weighted by Crippen LogP contribution is 2.32. The van der Waals surface area contributed by atoms with Crippen molar-refractivity contribution in [2.75, 3.05) is 13.7 Å². The highest BCUT2D eigenvalue weighted by atomic mass is 16.5. The highest BCUT2D eigenvalue weighted by molar-refractivity contribution is 5.81. The van der Waals surface area contributed by atoms with E-state index in [4.69, 9.17) is 9.47 Å². The minimum Gasteiger partial charge on any atom is -0.469 e. The number of carbonyl (C=O) groups excluding carboxylic acids is 2. The van der Waals surface area contributed by atoms with Crippen LogP contribution in [0, 0.1) is 11.8 Å². The van der Waals surface area contributed by atoms with Crippen LogP contribution in [0.25, 0.3) is 0 Å². The summed E-state index contributed by atoms with van der Waals surface area (Å²) in [6.07, 6.45) is 0.996. The van der Waals surface area contributed by atoms with Crippen molar-refractivity contribution >= 4 is 11.9 Å². The molecule has 0 N–H and O–H groups in total. The van der Waals surface area contributed by atoms with E-state index in [-0.39, 0.29) is 36.2 Å². The van der Waals surface area contributed by atoms with E-state index in [0.29, 0.717) is 6.61 Å². The number of hydrogen-bond donors (Lipinski definition) is 0. The van der Waals surface area contributed by atoms with Gasteiger partial charge in [0.15, 0.2) is 0 Å². The minimum absolute atomic E-state index is 0.00215. The lowest BCUT2D eigenvalue weighted by atomic mass is 9.90. The molecule has 1 aliphatic heterocycles. The molecular weight excluding hydrogens is 318 g/mol. The van der Waals surface area contributed by atoms with Crippen LogP contribution in [-0.4, -0.2) is 42.3 Å². The average Bonchev–Trinajstić information content (AvgIpc) is 2.88. The van der Waals surface area contributed by atoms with Gasteiger partial charge in [0.1, 0.15) is 5.72 Å². The summed E-state index contributed by atoms with van der Waals surface area (Å²) >= 11 is 0. The van der Waals surface area contributed by atoms with E-state index in [9.17, 15) is 9.59 Å². The molecule has 138 valence electrons. The van der Waals surface area contributed by atoms with E-state index in [0.717, 1.165) is 6.42 Å². The quantitative estimate of drug-likeness (QED) is 0.742. The van der Waals surface area contributed by atoms with Crippen molar-refractivity contribution in [1.29, 1.82) is 0 Å². The van der Waals surface area contributed by atoms with Gasteiger partial charge >= 0.3 is 5.97 Å². The molecule has 0 aliphatic carbocycles. The molecule has 0 unspecified atom stereocenters. The first kappa shape index (κ1) is 19.4. The van der Waals surface area contributed by atoms with E-state index in [1.165, 1.54) is 12.7 Å². The lowest BCUT2D eigenvalue weighted by Crippen LogP contribution is -2.51. The summed E-state index contributed by atoms with van der Waals surface area (Å²) in [6.45, 7) is 8.16. The highest BCUT2D eigenvalue weighted by Gasteiger charge is 2.45. The van der Waals surface area contributed by atoms with Crippen LogP contribution in [0.4, 0.5) is 0 Å². The predicted octanol–water partition coefficient (Wildman–Crippen LogP) is 3.03. The Morgan fingerprint density at radius 1 is 1.28 bits per heavy atom. The second-order valence-corrected chi connectivity index (χ2v) is 7.36. The van der Waals surface area contributed by atoms with Crippen molar-refractivity contribution in [3.8, 4) is 0 Å². The largest absolute Gasteiger partial charge is 0.469 e. The van der Waals surface area contributed by atoms with Crippen LogP contribution in [0.2, 0.25) is 0 Å². The lowest BCUT2D eigenvalue weighted by Gasteiger charge is -2.37. The first-order valence-corrected chi connectivity index (χ1v) is 8.84. The second-order valence-electron chi connectivity index (χ2n) is 7.36. The Morgan fingerprint density at radius 2 is 1.92 bits per heavy atom. The van der Waals surface area contributed by atoms with Gasteiger partial charge in [0, 0.05) is 12.3 Å². The summed E-state index contributed by atoms with van der Waals surface area (Å²) in [7, 11) is 1.37. The molecule has 1 aliphatic rings. The smallest absolute Gasteiger partial charge is 0.305 e. The molecule has 0 bridgehead atoms. The molecule has 0 saturated carbocycles. The standard InChI is InChI=1S/C20H29NO4/c1-14(11-18(22)24-5)15(2)19(23)21-17(13-25-20(21,3)4)12-16-9-7-6-8-10-16/h6-10,14-15,17H,11-13H2,1-5H3/t14-,15-,17+/m1/s1. The third kappa shape index (κ3) is 4.60. The van der Waals surface area contributed by atoms with Gasteiger partial charge in [0.25, 0.3) is 0 Å². The molecule has 1 heterocycles. The third-order valence-electron chi connectivity index (χ3n) is 5.09. The molecule has 5 heteroatoms. The molecule has 5 nitrogen and oxygen atoms in total. The fourth-order valence-corrected chi connectivity index (χ4v) is 3.35. The topological polar surface area (TPSA) is 55.8 Å². The van der Waals surface area contributed by atoms with E-state index in [1.54, 1.807) is 0 Å². The maximum Gasteiger partial charge on any atom is 0.305 e. The summed E-state index contributed by atoms with van der Waals surface area (Å²) in [4.78, 5) is 26.6. The SMILES string of the molecule is COC(=O)C[C@@H](C)[C@@H](C)C(=O)N1[C@@H](Cc2ccccc2)COC1(C)C. The van der Waals surface area contributed by atoms with Crippen LogP contribution in [0.3, 0.4) is 0 Å². The first-order valence-electron chi connectivity index (χ1n) is 8.84. The number of esters is 1. The van der Waals surface area contributed by atoms with Gasteiger partial charge in [-0.2, -0.15) is 0 Å². The fraction of sp³-hybridized carbons (Fsp3) is 0.600. The number of methoxy groups -OCH3 is 1. The molecule has 1 amide bonds. The van der Waals surface area contributed by atoms with E-state index in [1.807, 2.05) is 50.8 Å². The number of hydrogen-bond acceptors (Lipinski definition) is 4. The van der Waals surface area contributed by atoms with Crippen molar-refractivity contribution in [2.45, 2.75) is 52.3 Å². The van der Waals surface area contributed by atoms with Gasteiger partial charge in [0.2, 0.25) is 5.91 Å². The number of benzene rings is 1. The van der Waals surface area contributed by atoms with Gasteiger partial charge in [-0.05, 0) is 31.7 Å².